The summed E-state index contributed by atoms with van der Waals surface area (Å²) in [6, 6.07) is 20.0. The number of hydrogen-bond donors (Lipinski definition) is 0. The number of ether oxygens (including phenoxy) is 2. The van der Waals surface area contributed by atoms with Gasteiger partial charge in [0.2, 0.25) is 0 Å². The van der Waals surface area contributed by atoms with Crippen molar-refractivity contribution in [3.8, 4) is 11.5 Å². The van der Waals surface area contributed by atoms with Crippen molar-refractivity contribution in [1.82, 2.24) is 9.88 Å². The van der Waals surface area contributed by atoms with Crippen molar-refractivity contribution in [2.24, 2.45) is 0 Å². The van der Waals surface area contributed by atoms with Gasteiger partial charge < -0.3 is 9.47 Å². The van der Waals surface area contributed by atoms with Crippen LogP contribution in [-0.4, -0.2) is 36.2 Å². The summed E-state index contributed by atoms with van der Waals surface area (Å²) in [6.07, 6.45) is 2.26. The highest BCUT2D eigenvalue weighted by Crippen LogP contribution is 2.30. The fourth-order valence-corrected chi connectivity index (χ4v) is 4.09. The smallest absolute Gasteiger partial charge is 0.123 e. The maximum absolute atomic E-state index is 5.72. The van der Waals surface area contributed by atoms with E-state index in [0.29, 0.717) is 19.1 Å². The van der Waals surface area contributed by atoms with E-state index in [0.717, 1.165) is 54.9 Å². The van der Waals surface area contributed by atoms with E-state index >= 15 is 0 Å². The zero-order valence-corrected chi connectivity index (χ0v) is 17.4. The zero-order chi connectivity index (χ0) is 20.1. The van der Waals surface area contributed by atoms with E-state index in [4.69, 9.17) is 14.5 Å². The first-order chi connectivity index (χ1) is 14.2. The molecule has 0 N–H and O–H groups in total. The molecule has 0 aliphatic carbocycles. The maximum Gasteiger partial charge on any atom is 0.123 e. The largest absolute Gasteiger partial charge is 0.494 e. The summed E-state index contributed by atoms with van der Waals surface area (Å²) < 4.78 is 11.4. The second kappa shape index (κ2) is 9.27. The van der Waals surface area contributed by atoms with Crippen molar-refractivity contribution >= 4 is 10.9 Å². The molecule has 2 aromatic carbocycles. The van der Waals surface area contributed by atoms with Gasteiger partial charge in [-0.25, -0.2) is 0 Å². The van der Waals surface area contributed by atoms with Gasteiger partial charge in [0.15, 0.2) is 0 Å². The molecule has 0 bridgehead atoms. The Morgan fingerprint density at radius 3 is 2.38 bits per heavy atom. The summed E-state index contributed by atoms with van der Waals surface area (Å²) in [4.78, 5) is 7.41. The molecule has 2 heterocycles. The summed E-state index contributed by atoms with van der Waals surface area (Å²) in [7, 11) is 0. The molecule has 1 radical (unpaired) electrons. The lowest BCUT2D eigenvalue weighted by molar-refractivity contribution is 0.203. The van der Waals surface area contributed by atoms with Gasteiger partial charge in [0, 0.05) is 29.6 Å². The quantitative estimate of drug-likeness (QED) is 0.555. The van der Waals surface area contributed by atoms with Crippen molar-refractivity contribution in [2.45, 2.75) is 39.2 Å². The number of rotatable bonds is 7. The van der Waals surface area contributed by atoms with Crippen molar-refractivity contribution in [1.29, 1.82) is 0 Å². The van der Waals surface area contributed by atoms with Crippen LogP contribution in [0, 0.1) is 6.07 Å². The number of fused-ring (bicyclic) bond motifs is 1. The molecule has 3 aromatic rings. The molecule has 1 saturated heterocycles. The second-order valence-corrected chi connectivity index (χ2v) is 7.57. The normalized spacial score (nSPS) is 15.5. The molecule has 0 amide bonds. The van der Waals surface area contributed by atoms with Gasteiger partial charge >= 0.3 is 0 Å². The first kappa shape index (κ1) is 19.7. The predicted octanol–water partition coefficient (Wildman–Crippen LogP) is 5.21. The van der Waals surface area contributed by atoms with Gasteiger partial charge in [0.25, 0.3) is 0 Å². The van der Waals surface area contributed by atoms with E-state index in [-0.39, 0.29) is 0 Å². The van der Waals surface area contributed by atoms with Crippen LogP contribution in [0.5, 0.6) is 11.5 Å². The predicted molar refractivity (Wildman–Crippen MR) is 117 cm³/mol. The molecular formula is C25H29N2O2. The minimum atomic E-state index is 0.515. The lowest BCUT2D eigenvalue weighted by Gasteiger charge is -2.32. The number of nitrogens with zero attached hydrogens (tertiary/aromatic N) is 2. The van der Waals surface area contributed by atoms with E-state index in [2.05, 4.69) is 41.3 Å². The first-order valence-electron chi connectivity index (χ1n) is 10.6. The molecule has 1 aliphatic rings. The third kappa shape index (κ3) is 4.88. The fraction of sp³-hybridized carbons (Fsp3) is 0.400. The topological polar surface area (TPSA) is 34.6 Å². The zero-order valence-electron chi connectivity index (χ0n) is 17.4. The number of likely N-dealkylation sites (tertiary alicyclic amines) is 1. The number of hydrogen-bond acceptors (Lipinski definition) is 4. The van der Waals surface area contributed by atoms with E-state index in [1.165, 1.54) is 11.3 Å². The van der Waals surface area contributed by atoms with Crippen LogP contribution in [0.1, 0.15) is 43.9 Å². The summed E-state index contributed by atoms with van der Waals surface area (Å²) in [5.41, 5.74) is 3.47. The lowest BCUT2D eigenvalue weighted by Crippen LogP contribution is -2.32. The molecule has 0 unspecified atom stereocenters. The van der Waals surface area contributed by atoms with Gasteiger partial charge in [-0.05, 0) is 75.7 Å². The van der Waals surface area contributed by atoms with Crippen LogP contribution in [0.15, 0.2) is 48.5 Å². The van der Waals surface area contributed by atoms with Gasteiger partial charge in [-0.15, -0.1) is 0 Å². The first-order valence-corrected chi connectivity index (χ1v) is 10.6. The standard InChI is InChI=1S/C25H29N2O2/c1-3-28-22-15-19(16-23(17-22)29-4-2)18-27-13-11-21(12-14-27)25-10-9-20-7-5-6-8-24(20)26-25/h5-8,10,15-17,21H,3-4,11-14,18H2,1-2H3. The Balaban J connectivity index is 1.40. The molecule has 29 heavy (non-hydrogen) atoms. The monoisotopic (exact) mass is 389 g/mol. The lowest BCUT2D eigenvalue weighted by atomic mass is 9.92. The molecule has 4 rings (SSSR count). The number of piperidine rings is 1. The summed E-state index contributed by atoms with van der Waals surface area (Å²) in [5.74, 6) is 2.29. The molecule has 0 atom stereocenters. The molecule has 151 valence electrons. The van der Waals surface area contributed by atoms with E-state index in [1.54, 1.807) is 0 Å². The SMILES string of the molecule is CCOc1cc(CN2CCC(c3c[c]c4ccccc4n3)CC2)cc(OCC)c1. The highest BCUT2D eigenvalue weighted by atomic mass is 16.5. The Labute approximate surface area is 173 Å². The average molecular weight is 390 g/mol. The fourth-order valence-electron chi connectivity index (χ4n) is 4.09. The van der Waals surface area contributed by atoms with Gasteiger partial charge in [0.05, 0.1) is 18.7 Å². The second-order valence-electron chi connectivity index (χ2n) is 7.57. The van der Waals surface area contributed by atoms with Gasteiger partial charge in [0.1, 0.15) is 11.5 Å². The molecule has 0 spiro atoms. The molecule has 4 nitrogen and oxygen atoms in total. The van der Waals surface area contributed by atoms with Crippen LogP contribution in [0.2, 0.25) is 0 Å². The minimum absolute atomic E-state index is 0.515. The number of benzene rings is 2. The van der Waals surface area contributed by atoms with Crippen LogP contribution in [0.25, 0.3) is 10.9 Å². The third-order valence-electron chi connectivity index (χ3n) is 5.50. The summed E-state index contributed by atoms with van der Waals surface area (Å²) in [5, 5.41) is 1.09. The van der Waals surface area contributed by atoms with E-state index in [1.807, 2.05) is 32.0 Å². The number of aromatic nitrogens is 1. The van der Waals surface area contributed by atoms with Crippen LogP contribution in [0.3, 0.4) is 0 Å². The van der Waals surface area contributed by atoms with E-state index < -0.39 is 0 Å². The molecule has 1 aromatic heterocycles. The van der Waals surface area contributed by atoms with Crippen LogP contribution in [0.4, 0.5) is 0 Å². The van der Waals surface area contributed by atoms with Crippen molar-refractivity contribution in [3.63, 3.8) is 0 Å². The average Bonchev–Trinajstić information content (AvgIpc) is 2.74. The molecule has 1 fully saturated rings. The number of pyridine rings is 1. The van der Waals surface area contributed by atoms with Crippen molar-refractivity contribution in [2.75, 3.05) is 26.3 Å². The molecule has 4 heteroatoms. The van der Waals surface area contributed by atoms with Gasteiger partial charge in [-0.1, -0.05) is 18.2 Å². The molecule has 1 aliphatic heterocycles. The molecule has 0 saturated carbocycles. The van der Waals surface area contributed by atoms with Crippen LogP contribution in [-0.2, 0) is 6.54 Å². The Morgan fingerprint density at radius 1 is 1.00 bits per heavy atom. The minimum Gasteiger partial charge on any atom is -0.494 e. The molecular weight excluding hydrogens is 360 g/mol. The van der Waals surface area contributed by atoms with Crippen molar-refractivity contribution in [3.05, 3.63) is 65.9 Å². The Bertz CT molecular complexity index is 924. The van der Waals surface area contributed by atoms with Crippen LogP contribution >= 0.6 is 0 Å². The highest BCUT2D eigenvalue weighted by molar-refractivity contribution is 5.77. The number of para-hydroxylation sites is 1. The van der Waals surface area contributed by atoms with Gasteiger partial charge in [-0.2, -0.15) is 0 Å². The van der Waals surface area contributed by atoms with Gasteiger partial charge in [-0.3, -0.25) is 9.88 Å². The highest BCUT2D eigenvalue weighted by Gasteiger charge is 2.22. The Morgan fingerprint density at radius 2 is 1.69 bits per heavy atom. The van der Waals surface area contributed by atoms with Crippen LogP contribution < -0.4 is 9.47 Å². The Kier molecular flexibility index (Phi) is 6.30. The summed E-state index contributed by atoms with van der Waals surface area (Å²) >= 11 is 0. The van der Waals surface area contributed by atoms with E-state index in [9.17, 15) is 0 Å². The third-order valence-corrected chi connectivity index (χ3v) is 5.50. The summed E-state index contributed by atoms with van der Waals surface area (Å²) in [6.45, 7) is 8.41. The Hall–Kier alpha value is -2.59. The maximum atomic E-state index is 5.72. The van der Waals surface area contributed by atoms with Crippen molar-refractivity contribution < 1.29 is 9.47 Å².